The average Bonchev–Trinajstić information content (AvgIpc) is 2.57. The Bertz CT molecular complexity index is 530. The zero-order valence-corrected chi connectivity index (χ0v) is 16.4. The van der Waals surface area contributed by atoms with Gasteiger partial charge >= 0.3 is 0 Å². The number of halogens is 2. The van der Waals surface area contributed by atoms with Crippen LogP contribution in [0.2, 0.25) is 0 Å². The van der Waals surface area contributed by atoms with Gasteiger partial charge in [0.05, 0.1) is 6.54 Å². The number of amides is 1. The highest BCUT2D eigenvalue weighted by molar-refractivity contribution is 5.85. The van der Waals surface area contributed by atoms with Crippen molar-refractivity contribution in [2.24, 2.45) is 0 Å². The van der Waals surface area contributed by atoms with Crippen LogP contribution in [-0.2, 0) is 11.3 Å². The Balaban J connectivity index is 0.00000156. The zero-order valence-electron chi connectivity index (χ0n) is 14.7. The SMILES string of the molecule is Cl.Cl.Nc1cccc(CN2CCN(CC(=O)N3CCCCC3)CC2)c1. The topological polar surface area (TPSA) is 52.8 Å². The normalized spacial score (nSPS) is 19.0. The molecule has 0 saturated carbocycles. The maximum atomic E-state index is 12.3. The summed E-state index contributed by atoms with van der Waals surface area (Å²) in [5.74, 6) is 0.314. The van der Waals surface area contributed by atoms with Crippen molar-refractivity contribution >= 4 is 36.4 Å². The third-order valence-electron chi connectivity index (χ3n) is 4.89. The van der Waals surface area contributed by atoms with Crippen molar-refractivity contribution in [3.63, 3.8) is 0 Å². The quantitative estimate of drug-likeness (QED) is 0.803. The minimum atomic E-state index is 0. The fourth-order valence-electron chi connectivity index (χ4n) is 3.49. The van der Waals surface area contributed by atoms with Crippen LogP contribution < -0.4 is 5.73 Å². The lowest BCUT2D eigenvalue weighted by Gasteiger charge is -2.36. The minimum absolute atomic E-state index is 0. The molecule has 2 saturated heterocycles. The molecule has 0 spiro atoms. The molecule has 0 aliphatic carbocycles. The summed E-state index contributed by atoms with van der Waals surface area (Å²) in [6.45, 7) is 7.42. The van der Waals surface area contributed by atoms with Gasteiger partial charge in [-0.1, -0.05) is 12.1 Å². The highest BCUT2D eigenvalue weighted by Crippen LogP contribution is 2.13. The predicted molar refractivity (Wildman–Crippen MR) is 107 cm³/mol. The number of carbonyl (C=O) groups excluding carboxylic acids is 1. The summed E-state index contributed by atoms with van der Waals surface area (Å²) in [6, 6.07) is 8.11. The van der Waals surface area contributed by atoms with Crippen LogP contribution in [0.15, 0.2) is 24.3 Å². The van der Waals surface area contributed by atoms with E-state index in [1.54, 1.807) is 0 Å². The molecule has 0 bridgehead atoms. The van der Waals surface area contributed by atoms with Crippen LogP contribution in [0.5, 0.6) is 0 Å². The van der Waals surface area contributed by atoms with Gasteiger partial charge in [-0.05, 0) is 37.0 Å². The fraction of sp³-hybridized carbons (Fsp3) is 0.611. The average molecular weight is 389 g/mol. The van der Waals surface area contributed by atoms with E-state index in [0.29, 0.717) is 12.5 Å². The number of hydrogen-bond donors (Lipinski definition) is 1. The van der Waals surface area contributed by atoms with E-state index in [2.05, 4.69) is 15.9 Å². The summed E-state index contributed by atoms with van der Waals surface area (Å²) in [4.78, 5) is 19.1. The standard InChI is InChI=1S/C18H28N4O.2ClH/c19-17-6-4-5-16(13-17)14-20-9-11-21(12-10-20)15-18(23)22-7-2-1-3-8-22;;/h4-6,13H,1-3,7-12,14-15,19H2;2*1H. The molecule has 1 aromatic rings. The minimum Gasteiger partial charge on any atom is -0.399 e. The van der Waals surface area contributed by atoms with Crippen molar-refractivity contribution in [1.82, 2.24) is 14.7 Å². The molecule has 0 aromatic heterocycles. The van der Waals surface area contributed by atoms with E-state index in [1.165, 1.54) is 24.8 Å². The van der Waals surface area contributed by atoms with Crippen LogP contribution in [0.25, 0.3) is 0 Å². The van der Waals surface area contributed by atoms with Gasteiger partial charge in [0.25, 0.3) is 0 Å². The van der Waals surface area contributed by atoms with E-state index in [4.69, 9.17) is 5.73 Å². The highest BCUT2D eigenvalue weighted by Gasteiger charge is 2.22. The molecule has 1 aromatic carbocycles. The molecule has 1 amide bonds. The van der Waals surface area contributed by atoms with Crippen molar-refractivity contribution in [2.75, 3.05) is 51.5 Å². The molecule has 5 nitrogen and oxygen atoms in total. The van der Waals surface area contributed by atoms with Gasteiger partial charge in [-0.2, -0.15) is 0 Å². The Morgan fingerprint density at radius 3 is 2.20 bits per heavy atom. The van der Waals surface area contributed by atoms with Gasteiger partial charge in [-0.15, -0.1) is 24.8 Å². The molecule has 0 radical (unpaired) electrons. The predicted octanol–water partition coefficient (Wildman–Crippen LogP) is 2.24. The van der Waals surface area contributed by atoms with Crippen LogP contribution in [0.3, 0.4) is 0 Å². The smallest absolute Gasteiger partial charge is 0.236 e. The largest absolute Gasteiger partial charge is 0.399 e. The van der Waals surface area contributed by atoms with Gasteiger partial charge in [-0.25, -0.2) is 0 Å². The number of piperidine rings is 1. The maximum Gasteiger partial charge on any atom is 0.236 e. The summed E-state index contributed by atoms with van der Waals surface area (Å²) in [5, 5.41) is 0. The number of anilines is 1. The number of likely N-dealkylation sites (tertiary alicyclic amines) is 1. The van der Waals surface area contributed by atoms with E-state index in [0.717, 1.165) is 51.5 Å². The highest BCUT2D eigenvalue weighted by atomic mass is 35.5. The Labute approximate surface area is 163 Å². The summed E-state index contributed by atoms with van der Waals surface area (Å²) in [7, 11) is 0. The van der Waals surface area contributed by atoms with E-state index in [1.807, 2.05) is 23.1 Å². The lowest BCUT2D eigenvalue weighted by Crippen LogP contribution is -2.50. The van der Waals surface area contributed by atoms with Crippen molar-refractivity contribution in [2.45, 2.75) is 25.8 Å². The van der Waals surface area contributed by atoms with E-state index < -0.39 is 0 Å². The van der Waals surface area contributed by atoms with Gasteiger partial charge in [-0.3, -0.25) is 14.6 Å². The number of piperazine rings is 1. The van der Waals surface area contributed by atoms with Gasteiger partial charge in [0.1, 0.15) is 0 Å². The first-order chi connectivity index (χ1) is 11.2. The number of benzene rings is 1. The van der Waals surface area contributed by atoms with E-state index in [-0.39, 0.29) is 24.8 Å². The van der Waals surface area contributed by atoms with Crippen molar-refractivity contribution in [3.8, 4) is 0 Å². The van der Waals surface area contributed by atoms with Crippen molar-refractivity contribution in [3.05, 3.63) is 29.8 Å². The molecule has 0 unspecified atom stereocenters. The van der Waals surface area contributed by atoms with Crippen LogP contribution in [0, 0.1) is 0 Å². The molecule has 142 valence electrons. The molecule has 2 N–H and O–H groups in total. The lowest BCUT2D eigenvalue weighted by molar-refractivity contribution is -0.133. The fourth-order valence-corrected chi connectivity index (χ4v) is 3.49. The maximum absolute atomic E-state index is 12.3. The number of carbonyl (C=O) groups is 1. The molecule has 25 heavy (non-hydrogen) atoms. The first-order valence-electron chi connectivity index (χ1n) is 8.77. The zero-order chi connectivity index (χ0) is 16.1. The van der Waals surface area contributed by atoms with Gasteiger partial charge in [0, 0.05) is 51.5 Å². The molecule has 0 atom stereocenters. The Morgan fingerprint density at radius 2 is 1.56 bits per heavy atom. The summed E-state index contributed by atoms with van der Waals surface area (Å²) in [5.41, 5.74) is 7.94. The summed E-state index contributed by atoms with van der Waals surface area (Å²) < 4.78 is 0. The third kappa shape index (κ3) is 6.66. The number of nitrogens with two attached hydrogens (primary N) is 1. The molecule has 2 aliphatic rings. The van der Waals surface area contributed by atoms with Crippen LogP contribution in [0.1, 0.15) is 24.8 Å². The Hall–Kier alpha value is -1.01. The van der Waals surface area contributed by atoms with Crippen LogP contribution in [-0.4, -0.2) is 66.4 Å². The first-order valence-corrected chi connectivity index (χ1v) is 8.77. The molecule has 2 heterocycles. The van der Waals surface area contributed by atoms with Crippen LogP contribution >= 0.6 is 24.8 Å². The molecule has 7 heteroatoms. The molecule has 2 fully saturated rings. The van der Waals surface area contributed by atoms with E-state index >= 15 is 0 Å². The van der Waals surface area contributed by atoms with Crippen molar-refractivity contribution in [1.29, 1.82) is 0 Å². The monoisotopic (exact) mass is 388 g/mol. The second-order valence-corrected chi connectivity index (χ2v) is 6.74. The Morgan fingerprint density at radius 1 is 0.920 bits per heavy atom. The van der Waals surface area contributed by atoms with Gasteiger partial charge in [0.15, 0.2) is 0 Å². The third-order valence-corrected chi connectivity index (χ3v) is 4.89. The van der Waals surface area contributed by atoms with Gasteiger partial charge < -0.3 is 10.6 Å². The molecular weight excluding hydrogens is 359 g/mol. The second-order valence-electron chi connectivity index (χ2n) is 6.74. The van der Waals surface area contributed by atoms with Gasteiger partial charge in [0.2, 0.25) is 5.91 Å². The van der Waals surface area contributed by atoms with E-state index in [9.17, 15) is 4.79 Å². The second kappa shape index (κ2) is 10.9. The number of hydrogen-bond acceptors (Lipinski definition) is 4. The number of rotatable bonds is 4. The first kappa shape index (κ1) is 22.0. The molecule has 2 aliphatic heterocycles. The summed E-state index contributed by atoms with van der Waals surface area (Å²) >= 11 is 0. The number of nitrogens with zero attached hydrogens (tertiary/aromatic N) is 3. The Kier molecular flexibility index (Phi) is 9.57. The lowest BCUT2D eigenvalue weighted by atomic mass is 10.1. The molecule has 3 rings (SSSR count). The number of nitrogen functional groups attached to an aromatic ring is 1. The van der Waals surface area contributed by atoms with Crippen molar-refractivity contribution < 1.29 is 4.79 Å². The summed E-state index contributed by atoms with van der Waals surface area (Å²) in [6.07, 6.45) is 3.60. The molecular formula is C18H30Cl2N4O. The van der Waals surface area contributed by atoms with Crippen LogP contribution in [0.4, 0.5) is 5.69 Å².